The highest BCUT2D eigenvalue weighted by Gasteiger charge is 2.23. The van der Waals surface area contributed by atoms with Gasteiger partial charge in [-0.2, -0.15) is 0 Å². The molecule has 1 amide bonds. The van der Waals surface area contributed by atoms with Gasteiger partial charge in [-0.1, -0.05) is 20.8 Å². The highest BCUT2D eigenvalue weighted by Crippen LogP contribution is 2.36. The highest BCUT2D eigenvalue weighted by atomic mass is 16.5. The fourth-order valence-corrected chi connectivity index (χ4v) is 3.30. The summed E-state index contributed by atoms with van der Waals surface area (Å²) in [5, 5.41) is 12.3. The minimum atomic E-state index is -0.276. The van der Waals surface area contributed by atoms with Crippen molar-refractivity contribution in [3.8, 4) is 22.6 Å². The second-order valence-corrected chi connectivity index (χ2v) is 8.10. The van der Waals surface area contributed by atoms with Crippen molar-refractivity contribution in [2.75, 3.05) is 7.11 Å². The fraction of sp³-hybridized carbons (Fsp3) is 0.250. The molecule has 6 heteroatoms. The van der Waals surface area contributed by atoms with Crippen molar-refractivity contribution in [3.05, 3.63) is 81.8 Å². The molecule has 6 nitrogen and oxygen atoms in total. The van der Waals surface area contributed by atoms with E-state index in [1.165, 1.54) is 12.1 Å². The summed E-state index contributed by atoms with van der Waals surface area (Å²) in [6.45, 7) is 6.45. The Morgan fingerprint density at radius 3 is 2.40 bits per heavy atom. The molecular formula is C24H26N2O4. The number of aromatic nitrogens is 1. The molecule has 0 fully saturated rings. The number of phenols is 1. The number of carbonyl (C=O) groups excluding carboxylic acids is 1. The Labute approximate surface area is 175 Å². The number of methoxy groups -OCH3 is 1. The molecule has 2 aromatic carbocycles. The number of H-pyrrole nitrogens is 1. The maximum atomic E-state index is 12.5. The van der Waals surface area contributed by atoms with Crippen LogP contribution in [0.5, 0.6) is 11.5 Å². The Bertz CT molecular complexity index is 1110. The lowest BCUT2D eigenvalue weighted by Gasteiger charge is -2.24. The van der Waals surface area contributed by atoms with Crippen LogP contribution in [-0.4, -0.2) is 23.1 Å². The maximum Gasteiger partial charge on any atom is 0.255 e. The molecule has 156 valence electrons. The van der Waals surface area contributed by atoms with Crippen LogP contribution < -0.4 is 15.6 Å². The molecule has 1 aromatic heterocycles. The van der Waals surface area contributed by atoms with Gasteiger partial charge in [0.15, 0.2) is 0 Å². The smallest absolute Gasteiger partial charge is 0.255 e. The van der Waals surface area contributed by atoms with Gasteiger partial charge in [0.1, 0.15) is 11.5 Å². The molecule has 3 N–H and O–H groups in total. The Morgan fingerprint density at radius 1 is 1.10 bits per heavy atom. The summed E-state index contributed by atoms with van der Waals surface area (Å²) in [6.07, 6.45) is 1.59. The lowest BCUT2D eigenvalue weighted by molar-refractivity contribution is 0.0951. The number of phenolic OH excluding ortho intramolecular Hbond substituents is 1. The van der Waals surface area contributed by atoms with E-state index in [0.29, 0.717) is 16.9 Å². The zero-order valence-corrected chi connectivity index (χ0v) is 17.6. The highest BCUT2D eigenvalue weighted by molar-refractivity contribution is 5.94. The quantitative estimate of drug-likeness (QED) is 0.598. The molecule has 0 aliphatic heterocycles. The lowest BCUT2D eigenvalue weighted by atomic mass is 9.83. The summed E-state index contributed by atoms with van der Waals surface area (Å²) in [4.78, 5) is 27.7. The van der Waals surface area contributed by atoms with Crippen molar-refractivity contribution in [3.63, 3.8) is 0 Å². The average Bonchev–Trinajstić information content (AvgIpc) is 2.71. The first-order valence-electron chi connectivity index (χ1n) is 9.67. The summed E-state index contributed by atoms with van der Waals surface area (Å²) < 4.78 is 5.61. The van der Waals surface area contributed by atoms with Gasteiger partial charge in [0.25, 0.3) is 11.5 Å². The van der Waals surface area contributed by atoms with Crippen molar-refractivity contribution < 1.29 is 14.6 Å². The van der Waals surface area contributed by atoms with Crippen LogP contribution in [0.25, 0.3) is 11.1 Å². The molecule has 3 rings (SSSR count). The summed E-state index contributed by atoms with van der Waals surface area (Å²) in [6, 6.07) is 13.4. The molecule has 0 saturated heterocycles. The van der Waals surface area contributed by atoms with E-state index in [4.69, 9.17) is 4.74 Å². The van der Waals surface area contributed by atoms with Gasteiger partial charge in [-0.15, -0.1) is 0 Å². The summed E-state index contributed by atoms with van der Waals surface area (Å²) in [5.41, 5.74) is 3.04. The minimum absolute atomic E-state index is 0.0969. The predicted octanol–water partition coefficient (Wildman–Crippen LogP) is 3.98. The molecule has 0 bridgehead atoms. The van der Waals surface area contributed by atoms with Gasteiger partial charge in [-0.05, 0) is 65.1 Å². The van der Waals surface area contributed by atoms with E-state index in [0.717, 1.165) is 16.7 Å². The lowest BCUT2D eigenvalue weighted by Crippen LogP contribution is -2.24. The van der Waals surface area contributed by atoms with Gasteiger partial charge < -0.3 is 20.1 Å². The van der Waals surface area contributed by atoms with E-state index >= 15 is 0 Å². The number of aromatic hydroxyl groups is 1. The molecule has 0 spiro atoms. The molecule has 0 radical (unpaired) electrons. The third-order valence-electron chi connectivity index (χ3n) is 4.91. The van der Waals surface area contributed by atoms with Gasteiger partial charge in [0.05, 0.1) is 7.11 Å². The minimum Gasteiger partial charge on any atom is -0.508 e. The van der Waals surface area contributed by atoms with Crippen LogP contribution in [0.4, 0.5) is 0 Å². The number of aromatic amines is 1. The second kappa shape index (κ2) is 8.45. The van der Waals surface area contributed by atoms with E-state index in [9.17, 15) is 14.7 Å². The number of hydrogen-bond donors (Lipinski definition) is 3. The maximum absolute atomic E-state index is 12.5. The second-order valence-electron chi connectivity index (χ2n) is 8.10. The molecule has 3 aromatic rings. The molecule has 30 heavy (non-hydrogen) atoms. The van der Waals surface area contributed by atoms with Crippen LogP contribution in [0.1, 0.15) is 42.3 Å². The van der Waals surface area contributed by atoms with Crippen molar-refractivity contribution in [1.82, 2.24) is 10.3 Å². The number of amides is 1. The molecule has 0 aliphatic carbocycles. The number of rotatable bonds is 5. The topological polar surface area (TPSA) is 91.4 Å². The summed E-state index contributed by atoms with van der Waals surface area (Å²) in [5.74, 6) is 0.522. The number of benzene rings is 2. The monoisotopic (exact) mass is 406 g/mol. The average molecular weight is 406 g/mol. The third-order valence-corrected chi connectivity index (χ3v) is 4.91. The molecular weight excluding hydrogens is 380 g/mol. The van der Waals surface area contributed by atoms with Crippen LogP contribution in [0.3, 0.4) is 0 Å². The first-order chi connectivity index (χ1) is 14.2. The van der Waals surface area contributed by atoms with Crippen molar-refractivity contribution >= 4 is 5.91 Å². The molecule has 0 aliphatic rings. The first kappa shape index (κ1) is 21.2. The number of pyridine rings is 1. The Kier molecular flexibility index (Phi) is 5.96. The van der Waals surface area contributed by atoms with Gasteiger partial charge in [-0.3, -0.25) is 9.59 Å². The van der Waals surface area contributed by atoms with Crippen molar-refractivity contribution in [2.24, 2.45) is 0 Å². The fourth-order valence-electron chi connectivity index (χ4n) is 3.30. The number of nitrogens with one attached hydrogen (secondary N) is 2. The van der Waals surface area contributed by atoms with Crippen LogP contribution in [0.2, 0.25) is 0 Å². The van der Waals surface area contributed by atoms with Crippen LogP contribution in [0.15, 0.2) is 59.5 Å². The number of hydrogen-bond acceptors (Lipinski definition) is 4. The van der Waals surface area contributed by atoms with E-state index in [-0.39, 0.29) is 29.2 Å². The van der Waals surface area contributed by atoms with E-state index < -0.39 is 0 Å². The zero-order valence-electron chi connectivity index (χ0n) is 17.6. The normalized spacial score (nSPS) is 11.2. The van der Waals surface area contributed by atoms with Gasteiger partial charge in [0, 0.05) is 29.4 Å². The van der Waals surface area contributed by atoms with Crippen molar-refractivity contribution in [1.29, 1.82) is 0 Å². The molecule has 0 unspecified atom stereocenters. The molecule has 0 saturated carbocycles. The number of carbonyl (C=O) groups is 1. The van der Waals surface area contributed by atoms with Crippen LogP contribution in [-0.2, 0) is 12.0 Å². The van der Waals surface area contributed by atoms with Gasteiger partial charge in [-0.25, -0.2) is 0 Å². The molecule has 1 heterocycles. The third kappa shape index (κ3) is 4.54. The van der Waals surface area contributed by atoms with Gasteiger partial charge in [0.2, 0.25) is 0 Å². The molecule has 0 atom stereocenters. The van der Waals surface area contributed by atoms with Crippen molar-refractivity contribution in [2.45, 2.75) is 32.7 Å². The van der Waals surface area contributed by atoms with Crippen LogP contribution >= 0.6 is 0 Å². The predicted molar refractivity (Wildman–Crippen MR) is 117 cm³/mol. The van der Waals surface area contributed by atoms with E-state index in [1.807, 2.05) is 12.1 Å². The Balaban J connectivity index is 2.03. The number of ether oxygens (including phenoxy) is 1. The largest absolute Gasteiger partial charge is 0.508 e. The SMILES string of the molecule is COc1cc(CNC(=O)c2ccc(O)cc2)c(-c2ccc[nH]c2=O)cc1C(C)(C)C. The summed E-state index contributed by atoms with van der Waals surface area (Å²) >= 11 is 0. The summed E-state index contributed by atoms with van der Waals surface area (Å²) in [7, 11) is 1.61. The zero-order chi connectivity index (χ0) is 21.9. The Morgan fingerprint density at radius 2 is 1.80 bits per heavy atom. The van der Waals surface area contributed by atoms with E-state index in [1.54, 1.807) is 37.6 Å². The van der Waals surface area contributed by atoms with E-state index in [2.05, 4.69) is 31.1 Å². The van der Waals surface area contributed by atoms with Crippen LogP contribution in [0, 0.1) is 0 Å². The first-order valence-corrected chi connectivity index (χ1v) is 9.67. The standard InChI is InChI=1S/C24H26N2O4/c1-24(2,3)20-13-19(18-6-5-11-25-23(18)29)16(12-21(20)30-4)14-26-22(28)15-7-9-17(27)10-8-15/h5-13,27H,14H2,1-4H3,(H,25,29)(H,26,28). The Hall–Kier alpha value is -3.54. The van der Waals surface area contributed by atoms with Gasteiger partial charge >= 0.3 is 0 Å².